The summed E-state index contributed by atoms with van der Waals surface area (Å²) >= 11 is 0. The molecule has 1 saturated heterocycles. The number of nitrogens with one attached hydrogen (secondary N) is 1. The van der Waals surface area contributed by atoms with Crippen molar-refractivity contribution in [3.63, 3.8) is 0 Å². The molecule has 23 heavy (non-hydrogen) atoms. The minimum atomic E-state index is -1.86. The maximum absolute atomic E-state index is 12.0. The second-order valence-corrected chi connectivity index (χ2v) is 12.7. The first-order chi connectivity index (χ1) is 10.6. The summed E-state index contributed by atoms with van der Waals surface area (Å²) in [5.74, 6) is 0.00279. The van der Waals surface area contributed by atoms with Crippen molar-refractivity contribution in [3.05, 3.63) is 42.0 Å². The molecular formula is C19H29NO2Si. The molecule has 1 aliphatic heterocycles. The van der Waals surface area contributed by atoms with Gasteiger partial charge in [-0.25, -0.2) is 0 Å². The van der Waals surface area contributed by atoms with Crippen molar-refractivity contribution in [1.29, 1.82) is 0 Å². The van der Waals surface area contributed by atoms with E-state index in [0.717, 1.165) is 5.56 Å². The molecule has 1 fully saturated rings. The summed E-state index contributed by atoms with van der Waals surface area (Å²) in [5.41, 5.74) is 1.14. The van der Waals surface area contributed by atoms with Crippen molar-refractivity contribution in [3.8, 4) is 0 Å². The van der Waals surface area contributed by atoms with Crippen LogP contribution in [-0.4, -0.2) is 26.4 Å². The average Bonchev–Trinajstić information content (AvgIpc) is 2.42. The van der Waals surface area contributed by atoms with E-state index < -0.39 is 8.32 Å². The van der Waals surface area contributed by atoms with Crippen LogP contribution >= 0.6 is 0 Å². The second-order valence-electron chi connectivity index (χ2n) is 7.91. The molecule has 0 saturated carbocycles. The Morgan fingerprint density at radius 2 is 1.83 bits per heavy atom. The van der Waals surface area contributed by atoms with E-state index in [1.54, 1.807) is 0 Å². The highest BCUT2D eigenvalue weighted by atomic mass is 28.4. The second kappa shape index (κ2) is 6.61. The normalized spacial score (nSPS) is 23.5. The van der Waals surface area contributed by atoms with Gasteiger partial charge in [0.15, 0.2) is 8.32 Å². The van der Waals surface area contributed by atoms with Crippen LogP contribution in [0.3, 0.4) is 0 Å². The van der Waals surface area contributed by atoms with Crippen LogP contribution in [0.4, 0.5) is 0 Å². The summed E-state index contributed by atoms with van der Waals surface area (Å²) in [4.78, 5) is 12.0. The molecule has 0 unspecified atom stereocenters. The van der Waals surface area contributed by atoms with Gasteiger partial charge in [0.1, 0.15) is 0 Å². The molecule has 1 N–H and O–H groups in total. The summed E-state index contributed by atoms with van der Waals surface area (Å²) in [6, 6.07) is 10.2. The van der Waals surface area contributed by atoms with Gasteiger partial charge in [-0.1, -0.05) is 63.3 Å². The van der Waals surface area contributed by atoms with E-state index in [-0.39, 0.29) is 29.0 Å². The fourth-order valence-electron chi connectivity index (χ4n) is 2.58. The van der Waals surface area contributed by atoms with Crippen molar-refractivity contribution < 1.29 is 9.22 Å². The molecular weight excluding hydrogens is 302 g/mol. The minimum Gasteiger partial charge on any atom is -0.413 e. The average molecular weight is 332 g/mol. The zero-order valence-electron chi connectivity index (χ0n) is 15.1. The Morgan fingerprint density at radius 3 is 2.35 bits per heavy atom. The van der Waals surface area contributed by atoms with E-state index in [0.29, 0.717) is 0 Å². The number of amides is 1. The van der Waals surface area contributed by atoms with Gasteiger partial charge in [-0.3, -0.25) is 4.79 Å². The molecule has 3 atom stereocenters. The van der Waals surface area contributed by atoms with Crippen molar-refractivity contribution in [2.24, 2.45) is 5.92 Å². The third kappa shape index (κ3) is 4.12. The quantitative estimate of drug-likeness (QED) is 0.648. The Bertz CT molecular complexity index is 575. The molecule has 0 bridgehead atoms. The van der Waals surface area contributed by atoms with Crippen LogP contribution in [0.5, 0.6) is 0 Å². The molecule has 4 heteroatoms. The number of hydrogen-bond acceptors (Lipinski definition) is 2. The lowest BCUT2D eigenvalue weighted by molar-refractivity contribution is -0.137. The molecule has 3 nitrogen and oxygen atoms in total. The summed E-state index contributed by atoms with van der Waals surface area (Å²) in [6.45, 7) is 13.2. The number of benzene rings is 1. The van der Waals surface area contributed by atoms with Gasteiger partial charge >= 0.3 is 0 Å². The van der Waals surface area contributed by atoms with Gasteiger partial charge < -0.3 is 9.74 Å². The van der Waals surface area contributed by atoms with Crippen molar-refractivity contribution in [2.45, 2.75) is 58.0 Å². The number of rotatable bonds is 5. The summed E-state index contributed by atoms with van der Waals surface area (Å²) < 4.78 is 6.40. The zero-order chi connectivity index (χ0) is 17.3. The first-order valence-electron chi connectivity index (χ1n) is 8.33. The molecule has 0 radical (unpaired) electrons. The van der Waals surface area contributed by atoms with Crippen LogP contribution in [0.2, 0.25) is 18.1 Å². The van der Waals surface area contributed by atoms with Crippen LogP contribution in [0.1, 0.15) is 33.3 Å². The van der Waals surface area contributed by atoms with E-state index in [2.05, 4.69) is 63.5 Å². The number of β-lactam (4-membered cyclic amide) rings is 1. The largest absolute Gasteiger partial charge is 0.413 e. The molecule has 1 aliphatic rings. The first-order valence-corrected chi connectivity index (χ1v) is 11.2. The SMILES string of the molecule is C[C@@H](O[Si](C)(C)C(C)(C)C)[C@H]1C(=O)N[C@H]1/C=C/c1ccccc1. The number of hydrogen-bond donors (Lipinski definition) is 1. The molecule has 1 aromatic rings. The molecule has 0 aromatic heterocycles. The Labute approximate surface area is 141 Å². The molecule has 2 rings (SSSR count). The highest BCUT2D eigenvalue weighted by Gasteiger charge is 2.46. The van der Waals surface area contributed by atoms with Gasteiger partial charge in [-0.05, 0) is 30.6 Å². The van der Waals surface area contributed by atoms with Crippen LogP contribution in [0.15, 0.2) is 36.4 Å². The standard InChI is InChI=1S/C19H29NO2Si/c1-14(22-23(5,6)19(2,3)4)17-16(20-18(17)21)13-12-15-10-8-7-9-11-15/h7-14,16-17H,1-6H3,(H,20,21)/b13-12+/t14-,16+,17-/m1/s1. The monoisotopic (exact) mass is 331 g/mol. The Kier molecular flexibility index (Phi) is 5.16. The summed E-state index contributed by atoms with van der Waals surface area (Å²) in [6.07, 6.45) is 4.08. The molecule has 0 spiro atoms. The highest BCUT2D eigenvalue weighted by molar-refractivity contribution is 6.74. The zero-order valence-corrected chi connectivity index (χ0v) is 16.1. The van der Waals surface area contributed by atoms with Gasteiger partial charge in [0.2, 0.25) is 5.91 Å². The van der Waals surface area contributed by atoms with Gasteiger partial charge in [0.25, 0.3) is 0 Å². The van der Waals surface area contributed by atoms with E-state index in [4.69, 9.17) is 4.43 Å². The highest BCUT2D eigenvalue weighted by Crippen LogP contribution is 2.39. The maximum Gasteiger partial charge on any atom is 0.228 e. The Balaban J connectivity index is 2.03. The smallest absolute Gasteiger partial charge is 0.228 e. The van der Waals surface area contributed by atoms with Crippen LogP contribution in [0.25, 0.3) is 6.08 Å². The summed E-state index contributed by atoms with van der Waals surface area (Å²) in [7, 11) is -1.86. The van der Waals surface area contributed by atoms with Crippen molar-refractivity contribution >= 4 is 20.3 Å². The van der Waals surface area contributed by atoms with E-state index in [1.165, 1.54) is 0 Å². The van der Waals surface area contributed by atoms with Crippen LogP contribution in [-0.2, 0) is 9.22 Å². The fraction of sp³-hybridized carbons (Fsp3) is 0.526. The molecule has 1 amide bonds. The minimum absolute atomic E-state index is 0.0578. The van der Waals surface area contributed by atoms with E-state index in [1.807, 2.05) is 25.1 Å². The van der Waals surface area contributed by atoms with Gasteiger partial charge in [0, 0.05) is 0 Å². The fourth-order valence-corrected chi connectivity index (χ4v) is 4.01. The molecule has 1 heterocycles. The molecule has 1 aromatic carbocycles. The van der Waals surface area contributed by atoms with Crippen molar-refractivity contribution in [1.82, 2.24) is 5.32 Å². The van der Waals surface area contributed by atoms with Gasteiger partial charge in [-0.15, -0.1) is 0 Å². The van der Waals surface area contributed by atoms with Crippen molar-refractivity contribution in [2.75, 3.05) is 0 Å². The first kappa shape index (κ1) is 18.0. The third-order valence-electron chi connectivity index (χ3n) is 5.09. The van der Waals surface area contributed by atoms with Gasteiger partial charge in [-0.2, -0.15) is 0 Å². The lowest BCUT2D eigenvalue weighted by Crippen LogP contribution is -2.62. The lowest BCUT2D eigenvalue weighted by atomic mass is 9.85. The van der Waals surface area contributed by atoms with Gasteiger partial charge in [0.05, 0.1) is 18.1 Å². The Morgan fingerprint density at radius 1 is 1.22 bits per heavy atom. The van der Waals surface area contributed by atoms with Crippen LogP contribution in [0, 0.1) is 5.92 Å². The molecule has 0 aliphatic carbocycles. The number of carbonyl (C=O) groups excluding carboxylic acids is 1. The predicted molar refractivity (Wildman–Crippen MR) is 98.6 cm³/mol. The van der Waals surface area contributed by atoms with Crippen LogP contribution < -0.4 is 5.32 Å². The Hall–Kier alpha value is -1.39. The lowest BCUT2D eigenvalue weighted by Gasteiger charge is -2.44. The van der Waals surface area contributed by atoms with E-state index in [9.17, 15) is 4.79 Å². The predicted octanol–water partition coefficient (Wildman–Crippen LogP) is 4.22. The summed E-state index contributed by atoms with van der Waals surface area (Å²) in [5, 5.41) is 3.13. The third-order valence-corrected chi connectivity index (χ3v) is 9.66. The van der Waals surface area contributed by atoms with E-state index >= 15 is 0 Å². The maximum atomic E-state index is 12.0. The number of carbonyl (C=O) groups is 1. The molecule has 126 valence electrons. The topological polar surface area (TPSA) is 38.3 Å².